The van der Waals surface area contributed by atoms with Crippen molar-refractivity contribution in [2.24, 2.45) is 4.99 Å². The van der Waals surface area contributed by atoms with E-state index in [1.54, 1.807) is 11.3 Å². The molecule has 4 nitrogen and oxygen atoms in total. The molecule has 0 amide bonds. The zero-order valence-corrected chi connectivity index (χ0v) is 17.6. The number of carbonyl (C=O) groups is 1. The molecule has 4 rings (SSSR count). The van der Waals surface area contributed by atoms with Gasteiger partial charge in [-0.05, 0) is 48.1 Å². The summed E-state index contributed by atoms with van der Waals surface area (Å²) in [4.78, 5) is 18.8. The van der Waals surface area contributed by atoms with Crippen LogP contribution in [-0.2, 0) is 6.54 Å². The lowest BCUT2D eigenvalue weighted by molar-refractivity contribution is 0.112. The van der Waals surface area contributed by atoms with Crippen molar-refractivity contribution in [1.29, 1.82) is 0 Å². The number of anilines is 1. The molecule has 1 aliphatic rings. The second-order valence-electron chi connectivity index (χ2n) is 7.68. The molecule has 0 fully saturated rings. The van der Waals surface area contributed by atoms with Crippen molar-refractivity contribution in [1.82, 2.24) is 4.90 Å². The van der Waals surface area contributed by atoms with Gasteiger partial charge in [0.15, 0.2) is 6.29 Å². The van der Waals surface area contributed by atoms with E-state index < -0.39 is 0 Å². The molecular weight excluding hydrogens is 378 g/mol. The van der Waals surface area contributed by atoms with Gasteiger partial charge in [-0.15, -0.1) is 11.3 Å². The number of aldehydes is 1. The number of benzene rings is 2. The van der Waals surface area contributed by atoms with Gasteiger partial charge in [-0.25, -0.2) is 0 Å². The van der Waals surface area contributed by atoms with Crippen molar-refractivity contribution in [3.05, 3.63) is 65.0 Å². The zero-order valence-electron chi connectivity index (χ0n) is 16.8. The average Bonchev–Trinajstić information content (AvgIpc) is 3.35. The molecule has 29 heavy (non-hydrogen) atoms. The van der Waals surface area contributed by atoms with E-state index in [0.29, 0.717) is 12.1 Å². The summed E-state index contributed by atoms with van der Waals surface area (Å²) in [5, 5.41) is 4.88. The highest BCUT2D eigenvalue weighted by atomic mass is 32.1. The van der Waals surface area contributed by atoms with Crippen LogP contribution < -0.4 is 5.32 Å². The largest absolute Gasteiger partial charge is 0.382 e. The molecule has 0 saturated carbocycles. The summed E-state index contributed by atoms with van der Waals surface area (Å²) in [6, 6.07) is 19.8. The summed E-state index contributed by atoms with van der Waals surface area (Å²) in [5.41, 5.74) is 2.44. The Morgan fingerprint density at radius 2 is 2.10 bits per heavy atom. The Balaban J connectivity index is 1.44. The first-order chi connectivity index (χ1) is 14.2. The van der Waals surface area contributed by atoms with Gasteiger partial charge in [0.05, 0.1) is 23.8 Å². The topological polar surface area (TPSA) is 44.7 Å². The third-order valence-corrected chi connectivity index (χ3v) is 6.48. The normalized spacial score (nSPS) is 17.0. The van der Waals surface area contributed by atoms with Gasteiger partial charge in [-0.3, -0.25) is 9.79 Å². The van der Waals surface area contributed by atoms with Gasteiger partial charge in [0, 0.05) is 23.0 Å². The van der Waals surface area contributed by atoms with E-state index >= 15 is 0 Å². The number of rotatable bonds is 9. The summed E-state index contributed by atoms with van der Waals surface area (Å²) >= 11 is 1.54. The maximum Gasteiger partial charge on any atom is 0.160 e. The van der Waals surface area contributed by atoms with E-state index in [1.165, 1.54) is 5.56 Å². The number of fused-ring (bicyclic) bond motifs is 1. The maximum absolute atomic E-state index is 11.1. The van der Waals surface area contributed by atoms with E-state index in [1.807, 2.05) is 12.4 Å². The summed E-state index contributed by atoms with van der Waals surface area (Å²) in [6.07, 6.45) is 6.26. The van der Waals surface area contributed by atoms with Crippen LogP contribution in [0.3, 0.4) is 0 Å². The van der Waals surface area contributed by atoms with Crippen molar-refractivity contribution in [2.45, 2.75) is 44.8 Å². The predicted molar refractivity (Wildman–Crippen MR) is 123 cm³/mol. The number of thiophene rings is 1. The highest BCUT2D eigenvalue weighted by Crippen LogP contribution is 2.28. The van der Waals surface area contributed by atoms with E-state index in [9.17, 15) is 4.79 Å². The molecule has 0 radical (unpaired) electrons. The number of nitrogens with one attached hydrogen (secondary N) is 1. The molecular formula is C24H27N3OS. The van der Waals surface area contributed by atoms with Crippen molar-refractivity contribution in [2.75, 3.05) is 11.9 Å². The van der Waals surface area contributed by atoms with Gasteiger partial charge >= 0.3 is 0 Å². The summed E-state index contributed by atoms with van der Waals surface area (Å²) in [6.45, 7) is 4.00. The van der Waals surface area contributed by atoms with Gasteiger partial charge in [0.2, 0.25) is 0 Å². The molecule has 1 N–H and O–H groups in total. The van der Waals surface area contributed by atoms with Crippen LogP contribution in [0.1, 0.15) is 41.4 Å². The van der Waals surface area contributed by atoms with Gasteiger partial charge in [-0.1, -0.05) is 43.7 Å². The third-order valence-electron chi connectivity index (χ3n) is 5.44. The fourth-order valence-electron chi connectivity index (χ4n) is 4.02. The second kappa shape index (κ2) is 9.23. The number of hydrogen-bond acceptors (Lipinski definition) is 5. The summed E-state index contributed by atoms with van der Waals surface area (Å²) in [5.74, 6) is 0. The minimum atomic E-state index is 0.395. The highest BCUT2D eigenvalue weighted by molar-refractivity contribution is 7.20. The Bertz CT molecular complexity index is 982. The Kier molecular flexibility index (Phi) is 6.25. The molecule has 0 bridgehead atoms. The minimum Gasteiger partial charge on any atom is -0.382 e. The SMILES string of the molecule is CCCC(CC1CN=CN1Cc1ccccc1)Nc1ccc2sc(C=O)cc2c1. The van der Waals surface area contributed by atoms with E-state index in [4.69, 9.17) is 0 Å². The van der Waals surface area contributed by atoms with Crippen LogP contribution in [0.25, 0.3) is 10.1 Å². The lowest BCUT2D eigenvalue weighted by Crippen LogP contribution is -2.36. The molecule has 2 atom stereocenters. The number of nitrogens with zero attached hydrogens (tertiary/aromatic N) is 2. The van der Waals surface area contributed by atoms with Crippen molar-refractivity contribution in [3.63, 3.8) is 0 Å². The van der Waals surface area contributed by atoms with Crippen LogP contribution in [0.5, 0.6) is 0 Å². The third kappa shape index (κ3) is 4.85. The molecule has 1 aromatic heterocycles. The van der Waals surface area contributed by atoms with Gasteiger partial charge in [-0.2, -0.15) is 0 Å². The van der Waals surface area contributed by atoms with Crippen molar-refractivity contribution >= 4 is 39.7 Å². The molecule has 150 valence electrons. The Hall–Kier alpha value is -2.66. The molecule has 5 heteroatoms. The Morgan fingerprint density at radius 3 is 2.90 bits per heavy atom. The smallest absolute Gasteiger partial charge is 0.160 e. The van der Waals surface area contributed by atoms with E-state index in [2.05, 4.69) is 70.7 Å². The van der Waals surface area contributed by atoms with Crippen molar-refractivity contribution < 1.29 is 4.79 Å². The molecule has 2 heterocycles. The Morgan fingerprint density at radius 1 is 1.24 bits per heavy atom. The first kappa shape index (κ1) is 19.6. The molecule has 0 aliphatic carbocycles. The molecule has 1 aliphatic heterocycles. The summed E-state index contributed by atoms with van der Waals surface area (Å²) in [7, 11) is 0. The fraction of sp³-hybridized carbons (Fsp3) is 0.333. The molecule has 3 aromatic rings. The van der Waals surface area contributed by atoms with Crippen molar-refractivity contribution in [3.8, 4) is 0 Å². The van der Waals surface area contributed by atoms with Gasteiger partial charge < -0.3 is 10.2 Å². The fourth-order valence-corrected chi connectivity index (χ4v) is 4.88. The van der Waals surface area contributed by atoms with Crippen LogP contribution in [0.15, 0.2) is 59.6 Å². The molecule has 0 saturated heterocycles. The summed E-state index contributed by atoms with van der Waals surface area (Å²) < 4.78 is 1.16. The lowest BCUT2D eigenvalue weighted by Gasteiger charge is -2.29. The van der Waals surface area contributed by atoms with Crippen LogP contribution in [0, 0.1) is 0 Å². The predicted octanol–water partition coefficient (Wildman–Crippen LogP) is 5.60. The first-order valence-electron chi connectivity index (χ1n) is 10.3. The zero-order chi connectivity index (χ0) is 20.1. The van der Waals surface area contributed by atoms with Crippen LogP contribution in [-0.4, -0.2) is 36.2 Å². The maximum atomic E-state index is 11.1. The van der Waals surface area contributed by atoms with Crippen LogP contribution >= 0.6 is 11.3 Å². The first-order valence-corrected chi connectivity index (χ1v) is 11.1. The average molecular weight is 406 g/mol. The molecule has 2 aromatic carbocycles. The van der Waals surface area contributed by atoms with E-state index in [0.717, 1.165) is 59.3 Å². The number of carbonyl (C=O) groups excluding carboxylic acids is 1. The van der Waals surface area contributed by atoms with Gasteiger partial charge in [0.1, 0.15) is 0 Å². The minimum absolute atomic E-state index is 0.395. The standard InChI is InChI=1S/C24H27N3OS/c1-2-6-20(26-21-9-10-24-19(11-21)12-23(16-28)29-24)13-22-14-25-17-27(22)15-18-7-4-3-5-8-18/h3-5,7-12,16-17,20,22,26H,2,6,13-15H2,1H3. The van der Waals surface area contributed by atoms with Crippen LogP contribution in [0.2, 0.25) is 0 Å². The lowest BCUT2D eigenvalue weighted by atomic mass is 10.0. The van der Waals surface area contributed by atoms with E-state index in [-0.39, 0.29) is 0 Å². The molecule has 2 unspecified atom stereocenters. The number of hydrogen-bond donors (Lipinski definition) is 1. The molecule has 0 spiro atoms. The highest BCUT2D eigenvalue weighted by Gasteiger charge is 2.24. The second-order valence-corrected chi connectivity index (χ2v) is 8.79. The monoisotopic (exact) mass is 405 g/mol. The van der Waals surface area contributed by atoms with Crippen LogP contribution in [0.4, 0.5) is 5.69 Å². The Labute approximate surface area is 176 Å². The van der Waals surface area contributed by atoms with Gasteiger partial charge in [0.25, 0.3) is 0 Å². The quantitative estimate of drug-likeness (QED) is 0.472. The number of aliphatic imine (C=N–C) groups is 1.